The Hall–Kier alpha value is -2.10. The van der Waals surface area contributed by atoms with Gasteiger partial charge in [0, 0.05) is 18.3 Å². The van der Waals surface area contributed by atoms with Crippen molar-refractivity contribution < 1.29 is 4.79 Å². The lowest BCUT2D eigenvalue weighted by Crippen LogP contribution is -2.19. The number of allylic oxidation sites excluding steroid dienone is 1. The predicted octanol–water partition coefficient (Wildman–Crippen LogP) is 1.53. The van der Waals surface area contributed by atoms with Gasteiger partial charge in [0.25, 0.3) is 0 Å². The summed E-state index contributed by atoms with van der Waals surface area (Å²) < 4.78 is 1.79. The van der Waals surface area contributed by atoms with E-state index in [0.717, 1.165) is 11.1 Å². The number of hydrogen-bond acceptors (Lipinski definition) is 2. The van der Waals surface area contributed by atoms with E-state index >= 15 is 0 Å². The van der Waals surface area contributed by atoms with E-state index in [1.807, 2.05) is 31.3 Å². The first-order valence-corrected chi connectivity index (χ1v) is 5.13. The quantitative estimate of drug-likeness (QED) is 0.789. The Morgan fingerprint density at radius 1 is 1.56 bits per heavy atom. The van der Waals surface area contributed by atoms with Crippen LogP contribution in [0, 0.1) is 0 Å². The normalized spacial score (nSPS) is 11.1. The van der Waals surface area contributed by atoms with E-state index in [4.69, 9.17) is 0 Å². The van der Waals surface area contributed by atoms with Crippen LogP contribution in [0.4, 0.5) is 0 Å². The molecule has 2 aromatic rings. The van der Waals surface area contributed by atoms with E-state index in [-0.39, 0.29) is 5.91 Å². The molecule has 2 rings (SSSR count). The molecular formula is C12H13N3O. The van der Waals surface area contributed by atoms with Crippen LogP contribution in [0.25, 0.3) is 5.52 Å². The molecule has 4 nitrogen and oxygen atoms in total. The molecule has 0 spiro atoms. The Kier molecular flexibility index (Phi) is 3.00. The molecule has 0 fully saturated rings. The molecule has 4 heteroatoms. The molecule has 0 saturated heterocycles. The molecular weight excluding hydrogens is 202 g/mol. The topological polar surface area (TPSA) is 46.4 Å². The maximum Gasteiger partial charge on any atom is 0.243 e. The summed E-state index contributed by atoms with van der Waals surface area (Å²) in [6.45, 7) is 2.31. The number of fused-ring (bicyclic) bond motifs is 1. The van der Waals surface area contributed by atoms with Gasteiger partial charge in [-0.25, -0.2) is 4.52 Å². The molecule has 0 unspecified atom stereocenters. The van der Waals surface area contributed by atoms with Crippen LogP contribution >= 0.6 is 0 Å². The highest BCUT2D eigenvalue weighted by atomic mass is 16.1. The second kappa shape index (κ2) is 4.61. The number of aromatic nitrogens is 2. The lowest BCUT2D eigenvalue weighted by Gasteiger charge is -2.00. The largest absolute Gasteiger partial charge is 0.348 e. The van der Waals surface area contributed by atoms with Gasteiger partial charge in [0.1, 0.15) is 0 Å². The first-order valence-electron chi connectivity index (χ1n) is 5.13. The Balaban J connectivity index is 2.13. The highest BCUT2D eigenvalue weighted by molar-refractivity contribution is 5.87. The molecule has 2 aromatic heterocycles. The van der Waals surface area contributed by atoms with Crippen molar-refractivity contribution >= 4 is 11.4 Å². The van der Waals surface area contributed by atoms with Crippen LogP contribution in [0.3, 0.4) is 0 Å². The third-order valence-corrected chi connectivity index (χ3v) is 2.28. The molecule has 0 saturated carbocycles. The standard InChI is InChI=1S/C12H13N3O/c1-2-5-12(16)13-8-10-9-14-15-7-4-3-6-11(10)15/h2-7,9H,8H2,1H3,(H,13,16)/b5-2+. The van der Waals surface area contributed by atoms with Crippen LogP contribution in [-0.4, -0.2) is 15.5 Å². The van der Waals surface area contributed by atoms with Crippen molar-refractivity contribution in [1.82, 2.24) is 14.9 Å². The summed E-state index contributed by atoms with van der Waals surface area (Å²) in [6, 6.07) is 5.85. The summed E-state index contributed by atoms with van der Waals surface area (Å²) in [7, 11) is 0. The Bertz CT molecular complexity index is 528. The number of carbonyl (C=O) groups excluding carboxylic acids is 1. The van der Waals surface area contributed by atoms with E-state index in [1.165, 1.54) is 6.08 Å². The van der Waals surface area contributed by atoms with E-state index in [2.05, 4.69) is 10.4 Å². The van der Waals surface area contributed by atoms with Crippen LogP contribution in [0.2, 0.25) is 0 Å². The van der Waals surface area contributed by atoms with Gasteiger partial charge in [-0.15, -0.1) is 0 Å². The van der Waals surface area contributed by atoms with Crippen LogP contribution in [0.1, 0.15) is 12.5 Å². The lowest BCUT2D eigenvalue weighted by atomic mass is 10.2. The lowest BCUT2D eigenvalue weighted by molar-refractivity contribution is -0.116. The highest BCUT2D eigenvalue weighted by Crippen LogP contribution is 2.08. The number of carbonyl (C=O) groups is 1. The average molecular weight is 215 g/mol. The first kappa shape index (κ1) is 10.4. The summed E-state index contributed by atoms with van der Waals surface area (Å²) in [4.78, 5) is 11.2. The van der Waals surface area contributed by atoms with Gasteiger partial charge in [-0.1, -0.05) is 12.1 Å². The van der Waals surface area contributed by atoms with Crippen molar-refractivity contribution in [3.05, 3.63) is 48.3 Å². The fraction of sp³-hybridized carbons (Fsp3) is 0.167. The molecule has 0 bridgehead atoms. The van der Waals surface area contributed by atoms with E-state index in [9.17, 15) is 4.79 Å². The number of nitrogens with zero attached hydrogens (tertiary/aromatic N) is 2. The molecule has 0 aliphatic rings. The maximum absolute atomic E-state index is 11.2. The average Bonchev–Trinajstić information content (AvgIpc) is 2.70. The minimum atomic E-state index is -0.0854. The van der Waals surface area contributed by atoms with Crippen LogP contribution in [0.15, 0.2) is 42.7 Å². The van der Waals surface area contributed by atoms with Gasteiger partial charge in [0.2, 0.25) is 5.91 Å². The molecule has 2 heterocycles. The van der Waals surface area contributed by atoms with E-state index < -0.39 is 0 Å². The van der Waals surface area contributed by atoms with E-state index in [0.29, 0.717) is 6.54 Å². The van der Waals surface area contributed by atoms with Crippen molar-refractivity contribution in [2.45, 2.75) is 13.5 Å². The number of pyridine rings is 1. The molecule has 0 aliphatic heterocycles. The number of rotatable bonds is 3. The minimum Gasteiger partial charge on any atom is -0.348 e. The monoisotopic (exact) mass is 215 g/mol. The zero-order valence-corrected chi connectivity index (χ0v) is 9.05. The Morgan fingerprint density at radius 3 is 3.25 bits per heavy atom. The Labute approximate surface area is 93.6 Å². The summed E-state index contributed by atoms with van der Waals surface area (Å²) in [6.07, 6.45) is 6.87. The first-order chi connectivity index (χ1) is 7.81. The van der Waals surface area contributed by atoms with Gasteiger partial charge in [-0.05, 0) is 25.1 Å². The van der Waals surface area contributed by atoms with Crippen LogP contribution in [-0.2, 0) is 11.3 Å². The zero-order chi connectivity index (χ0) is 11.4. The van der Waals surface area contributed by atoms with Crippen molar-refractivity contribution in [2.24, 2.45) is 0 Å². The molecule has 0 atom stereocenters. The minimum absolute atomic E-state index is 0.0854. The molecule has 16 heavy (non-hydrogen) atoms. The molecule has 1 amide bonds. The van der Waals surface area contributed by atoms with Crippen molar-refractivity contribution in [3.8, 4) is 0 Å². The molecule has 0 aliphatic carbocycles. The van der Waals surface area contributed by atoms with Gasteiger partial charge in [-0.2, -0.15) is 5.10 Å². The van der Waals surface area contributed by atoms with Crippen molar-refractivity contribution in [1.29, 1.82) is 0 Å². The summed E-state index contributed by atoms with van der Waals surface area (Å²) in [5.41, 5.74) is 2.03. The summed E-state index contributed by atoms with van der Waals surface area (Å²) in [5.74, 6) is -0.0854. The Morgan fingerprint density at radius 2 is 2.44 bits per heavy atom. The maximum atomic E-state index is 11.2. The van der Waals surface area contributed by atoms with Gasteiger partial charge in [0.05, 0.1) is 11.7 Å². The van der Waals surface area contributed by atoms with Gasteiger partial charge in [0.15, 0.2) is 0 Å². The van der Waals surface area contributed by atoms with Crippen molar-refractivity contribution in [2.75, 3.05) is 0 Å². The van der Waals surface area contributed by atoms with Gasteiger partial charge < -0.3 is 5.32 Å². The highest BCUT2D eigenvalue weighted by Gasteiger charge is 2.03. The second-order valence-electron chi connectivity index (χ2n) is 3.42. The second-order valence-corrected chi connectivity index (χ2v) is 3.42. The van der Waals surface area contributed by atoms with Crippen molar-refractivity contribution in [3.63, 3.8) is 0 Å². The SMILES string of the molecule is C/C=C/C(=O)NCc1cnn2ccccc12. The number of amides is 1. The van der Waals surface area contributed by atoms with E-state index in [1.54, 1.807) is 16.8 Å². The third kappa shape index (κ3) is 2.11. The van der Waals surface area contributed by atoms with Gasteiger partial charge in [-0.3, -0.25) is 4.79 Å². The molecule has 82 valence electrons. The smallest absolute Gasteiger partial charge is 0.243 e. The molecule has 0 aromatic carbocycles. The fourth-order valence-corrected chi connectivity index (χ4v) is 1.52. The molecule has 0 radical (unpaired) electrons. The van der Waals surface area contributed by atoms with Gasteiger partial charge >= 0.3 is 0 Å². The summed E-state index contributed by atoms with van der Waals surface area (Å²) >= 11 is 0. The third-order valence-electron chi connectivity index (χ3n) is 2.28. The number of nitrogens with one attached hydrogen (secondary N) is 1. The molecule has 1 N–H and O–H groups in total. The fourth-order valence-electron chi connectivity index (χ4n) is 1.52. The van der Waals surface area contributed by atoms with Crippen LogP contribution in [0.5, 0.6) is 0 Å². The number of hydrogen-bond donors (Lipinski definition) is 1. The zero-order valence-electron chi connectivity index (χ0n) is 9.05. The van der Waals surface area contributed by atoms with Crippen LogP contribution < -0.4 is 5.32 Å². The summed E-state index contributed by atoms with van der Waals surface area (Å²) in [5, 5.41) is 6.99. The predicted molar refractivity (Wildman–Crippen MR) is 61.9 cm³/mol.